The van der Waals surface area contributed by atoms with Gasteiger partial charge in [0, 0.05) is 11.8 Å². The minimum Gasteiger partial charge on any atom is -0.494 e. The molecule has 0 aliphatic rings. The fraction of sp³-hybridized carbons (Fsp3) is 0.316. The van der Waals surface area contributed by atoms with Crippen LogP contribution in [0.5, 0.6) is 11.5 Å². The normalized spacial score (nSPS) is 10.9. The number of nitrogens with one attached hydrogen (secondary N) is 1. The fourth-order valence-electron chi connectivity index (χ4n) is 2.34. The van der Waals surface area contributed by atoms with Crippen LogP contribution in [0.15, 0.2) is 47.6 Å². The molecule has 4 nitrogen and oxygen atoms in total. The van der Waals surface area contributed by atoms with Crippen molar-refractivity contribution in [2.45, 2.75) is 31.2 Å². The number of ether oxygens (including phenoxy) is 2. The number of aromatic nitrogens is 2. The van der Waals surface area contributed by atoms with E-state index in [2.05, 4.69) is 29.0 Å². The molecule has 0 amide bonds. The number of rotatable bonds is 8. The number of thioether (sulfide) groups is 1. The highest BCUT2D eigenvalue weighted by atomic mass is 32.2. The molecular formula is C19H22N2O2S. The van der Waals surface area contributed by atoms with Gasteiger partial charge in [0.05, 0.1) is 24.2 Å². The van der Waals surface area contributed by atoms with E-state index in [9.17, 15) is 0 Å². The summed E-state index contributed by atoms with van der Waals surface area (Å²) < 4.78 is 11.1. The average molecular weight is 342 g/mol. The molecule has 0 saturated heterocycles. The smallest absolute Gasteiger partial charge is 0.166 e. The van der Waals surface area contributed by atoms with E-state index in [1.54, 1.807) is 11.8 Å². The average Bonchev–Trinajstić information content (AvgIpc) is 3.01. The van der Waals surface area contributed by atoms with Crippen LogP contribution in [0.1, 0.15) is 25.8 Å². The van der Waals surface area contributed by atoms with Gasteiger partial charge in [-0.1, -0.05) is 30.8 Å². The monoisotopic (exact) mass is 342 g/mol. The number of H-pyrrole nitrogens is 1. The Morgan fingerprint density at radius 2 is 1.79 bits per heavy atom. The third-order valence-corrected chi connectivity index (χ3v) is 4.46. The molecule has 0 spiro atoms. The number of imidazole rings is 1. The van der Waals surface area contributed by atoms with Gasteiger partial charge in [0.1, 0.15) is 11.5 Å². The molecule has 5 heteroatoms. The first kappa shape index (κ1) is 16.7. The van der Waals surface area contributed by atoms with E-state index >= 15 is 0 Å². The van der Waals surface area contributed by atoms with E-state index in [-0.39, 0.29) is 0 Å². The summed E-state index contributed by atoms with van der Waals surface area (Å²) in [6.07, 6.45) is 1.02. The van der Waals surface area contributed by atoms with Crippen LogP contribution >= 0.6 is 11.8 Å². The Morgan fingerprint density at radius 3 is 2.54 bits per heavy atom. The Morgan fingerprint density at radius 1 is 1.00 bits per heavy atom. The van der Waals surface area contributed by atoms with Gasteiger partial charge in [-0.3, -0.25) is 0 Å². The third kappa shape index (κ3) is 4.23. The quantitative estimate of drug-likeness (QED) is 0.582. The van der Waals surface area contributed by atoms with Crippen molar-refractivity contribution in [3.05, 3.63) is 48.0 Å². The number of aromatic amines is 1. The molecule has 3 rings (SSSR count). The van der Waals surface area contributed by atoms with Gasteiger partial charge >= 0.3 is 0 Å². The SMILES string of the molecule is CCCOc1ccc(CSc2nc3ccc(OCC)cc3[nH]2)cc1. The first-order chi connectivity index (χ1) is 11.8. The Balaban J connectivity index is 1.62. The Bertz CT molecular complexity index is 784. The highest BCUT2D eigenvalue weighted by Crippen LogP contribution is 2.26. The third-order valence-electron chi connectivity index (χ3n) is 3.51. The molecule has 0 fully saturated rings. The van der Waals surface area contributed by atoms with Crippen molar-refractivity contribution in [2.24, 2.45) is 0 Å². The minimum atomic E-state index is 0.666. The van der Waals surface area contributed by atoms with E-state index in [4.69, 9.17) is 9.47 Å². The number of nitrogens with zero attached hydrogens (tertiary/aromatic N) is 1. The maximum Gasteiger partial charge on any atom is 0.166 e. The van der Waals surface area contributed by atoms with Gasteiger partial charge in [-0.05, 0) is 43.2 Å². The molecular weight excluding hydrogens is 320 g/mol. The molecule has 3 aromatic rings. The standard InChI is InChI=1S/C19H22N2O2S/c1-3-11-23-15-7-5-14(6-8-15)13-24-19-20-17-10-9-16(22-4-2)12-18(17)21-19/h5-10,12H,3-4,11,13H2,1-2H3,(H,20,21). The van der Waals surface area contributed by atoms with Gasteiger partial charge in [-0.25, -0.2) is 4.98 Å². The molecule has 2 aromatic carbocycles. The van der Waals surface area contributed by atoms with Crippen molar-refractivity contribution in [2.75, 3.05) is 13.2 Å². The molecule has 0 bridgehead atoms. The lowest BCUT2D eigenvalue weighted by molar-refractivity contribution is 0.317. The zero-order valence-electron chi connectivity index (χ0n) is 14.0. The summed E-state index contributed by atoms with van der Waals surface area (Å²) in [5.74, 6) is 2.66. The zero-order valence-corrected chi connectivity index (χ0v) is 14.9. The summed E-state index contributed by atoms with van der Waals surface area (Å²) in [6.45, 7) is 5.52. The number of hydrogen-bond donors (Lipinski definition) is 1. The van der Waals surface area contributed by atoms with Gasteiger partial charge in [0.2, 0.25) is 0 Å². The van der Waals surface area contributed by atoms with Crippen molar-refractivity contribution in [3.8, 4) is 11.5 Å². The van der Waals surface area contributed by atoms with Crippen LogP contribution in [0.2, 0.25) is 0 Å². The summed E-state index contributed by atoms with van der Waals surface area (Å²) in [6, 6.07) is 14.2. The minimum absolute atomic E-state index is 0.666. The van der Waals surface area contributed by atoms with Gasteiger partial charge in [0.15, 0.2) is 5.16 Å². The molecule has 0 saturated carbocycles. The molecule has 1 heterocycles. The van der Waals surface area contributed by atoms with E-state index in [0.717, 1.165) is 46.5 Å². The Hall–Kier alpha value is -2.14. The largest absolute Gasteiger partial charge is 0.494 e. The second-order valence-electron chi connectivity index (χ2n) is 5.44. The van der Waals surface area contributed by atoms with E-state index in [1.807, 2.05) is 37.3 Å². The predicted molar refractivity (Wildman–Crippen MR) is 99.1 cm³/mol. The number of benzene rings is 2. The first-order valence-corrected chi connectivity index (χ1v) is 9.24. The molecule has 0 radical (unpaired) electrons. The van der Waals surface area contributed by atoms with E-state index < -0.39 is 0 Å². The van der Waals surface area contributed by atoms with Gasteiger partial charge in [0.25, 0.3) is 0 Å². The Labute approximate surface area is 146 Å². The molecule has 1 aromatic heterocycles. The van der Waals surface area contributed by atoms with Gasteiger partial charge in [-0.2, -0.15) is 0 Å². The maximum absolute atomic E-state index is 5.61. The van der Waals surface area contributed by atoms with Crippen LogP contribution in [0.3, 0.4) is 0 Å². The second kappa shape index (κ2) is 8.11. The molecule has 1 N–H and O–H groups in total. The lowest BCUT2D eigenvalue weighted by atomic mass is 10.2. The van der Waals surface area contributed by atoms with Crippen LogP contribution in [0.25, 0.3) is 11.0 Å². The van der Waals surface area contributed by atoms with Gasteiger partial charge < -0.3 is 14.5 Å². The zero-order chi connectivity index (χ0) is 16.8. The summed E-state index contributed by atoms with van der Waals surface area (Å²) in [4.78, 5) is 7.97. The van der Waals surface area contributed by atoms with Crippen molar-refractivity contribution in [3.63, 3.8) is 0 Å². The Kier molecular flexibility index (Phi) is 5.64. The summed E-state index contributed by atoms with van der Waals surface area (Å²) >= 11 is 1.69. The lowest BCUT2D eigenvalue weighted by Crippen LogP contribution is -1.94. The predicted octanol–water partition coefficient (Wildman–Crippen LogP) is 5.04. The number of fused-ring (bicyclic) bond motifs is 1. The van der Waals surface area contributed by atoms with Crippen LogP contribution < -0.4 is 9.47 Å². The molecule has 0 aliphatic heterocycles. The van der Waals surface area contributed by atoms with Crippen molar-refractivity contribution < 1.29 is 9.47 Å². The van der Waals surface area contributed by atoms with Crippen molar-refractivity contribution >= 4 is 22.8 Å². The topological polar surface area (TPSA) is 47.1 Å². The van der Waals surface area contributed by atoms with E-state index in [1.165, 1.54) is 5.56 Å². The second-order valence-corrected chi connectivity index (χ2v) is 6.40. The number of hydrogen-bond acceptors (Lipinski definition) is 4. The van der Waals surface area contributed by atoms with E-state index in [0.29, 0.717) is 6.61 Å². The first-order valence-electron chi connectivity index (χ1n) is 8.25. The summed E-state index contributed by atoms with van der Waals surface area (Å²) in [5, 5.41) is 0.921. The summed E-state index contributed by atoms with van der Waals surface area (Å²) in [7, 11) is 0. The lowest BCUT2D eigenvalue weighted by Gasteiger charge is -2.05. The molecule has 0 aliphatic carbocycles. The fourth-order valence-corrected chi connectivity index (χ4v) is 3.18. The molecule has 126 valence electrons. The highest BCUT2D eigenvalue weighted by molar-refractivity contribution is 7.98. The molecule has 0 unspecified atom stereocenters. The maximum atomic E-state index is 5.61. The molecule has 24 heavy (non-hydrogen) atoms. The van der Waals surface area contributed by atoms with Crippen LogP contribution in [-0.4, -0.2) is 23.2 Å². The van der Waals surface area contributed by atoms with Crippen LogP contribution in [-0.2, 0) is 5.75 Å². The summed E-state index contributed by atoms with van der Waals surface area (Å²) in [5.41, 5.74) is 3.22. The van der Waals surface area contributed by atoms with Crippen molar-refractivity contribution in [1.29, 1.82) is 0 Å². The van der Waals surface area contributed by atoms with Crippen LogP contribution in [0, 0.1) is 0 Å². The van der Waals surface area contributed by atoms with Crippen LogP contribution in [0.4, 0.5) is 0 Å². The molecule has 0 atom stereocenters. The van der Waals surface area contributed by atoms with Gasteiger partial charge in [-0.15, -0.1) is 0 Å². The van der Waals surface area contributed by atoms with Crippen molar-refractivity contribution in [1.82, 2.24) is 9.97 Å². The highest BCUT2D eigenvalue weighted by Gasteiger charge is 2.05.